The zero-order valence-corrected chi connectivity index (χ0v) is 23.3. The predicted molar refractivity (Wildman–Crippen MR) is 114 cm³/mol. The molecule has 156 valence electrons. The average Bonchev–Trinajstić information content (AvgIpc) is 3.25. The van der Waals surface area contributed by atoms with Crippen LogP contribution in [0.15, 0.2) is 36.4 Å². The summed E-state index contributed by atoms with van der Waals surface area (Å²) in [4.78, 5) is 0. The van der Waals surface area contributed by atoms with Crippen molar-refractivity contribution >= 4 is 5.43 Å². The Kier molecular flexibility index (Phi) is 13.8. The average molecular weight is 515 g/mol. The Morgan fingerprint density at radius 3 is 1.29 bits per heavy atom. The molecule has 4 atom stereocenters. The third-order valence-corrected chi connectivity index (χ3v) is 5.96. The Morgan fingerprint density at radius 2 is 1.00 bits per heavy atom. The van der Waals surface area contributed by atoms with E-state index >= 15 is 0 Å². The molecular formula is C24H36Cl2SiZr-2. The number of rotatable bonds is 0. The molecule has 0 aliphatic heterocycles. The molecule has 0 fully saturated rings. The van der Waals surface area contributed by atoms with Gasteiger partial charge in [0.1, 0.15) is 0 Å². The van der Waals surface area contributed by atoms with E-state index in [4.69, 9.17) is 0 Å². The van der Waals surface area contributed by atoms with Gasteiger partial charge in [-0.15, -0.1) is 0 Å². The minimum absolute atomic E-state index is 0. The summed E-state index contributed by atoms with van der Waals surface area (Å²) in [6, 6.07) is 13.5. The number of hydrogen-bond acceptors (Lipinski definition) is 0. The molecular weight excluding hydrogens is 478 g/mol. The van der Waals surface area contributed by atoms with Gasteiger partial charge < -0.3 is 24.8 Å². The van der Waals surface area contributed by atoms with Crippen molar-refractivity contribution in [2.24, 2.45) is 0 Å². The Bertz CT molecular complexity index is 596. The maximum atomic E-state index is 2.34. The van der Waals surface area contributed by atoms with E-state index in [1.54, 1.807) is 45.6 Å². The summed E-state index contributed by atoms with van der Waals surface area (Å²) >= 11 is 1.74. The Hall–Kier alpha value is 0.380. The molecule has 2 aliphatic rings. The first-order chi connectivity index (χ1) is 12.3. The summed E-state index contributed by atoms with van der Waals surface area (Å²) in [6.07, 6.45) is 5.49. The van der Waals surface area contributed by atoms with Crippen molar-refractivity contribution in [3.63, 3.8) is 0 Å². The molecule has 4 heteroatoms. The molecule has 0 amide bonds. The monoisotopic (exact) mass is 512 g/mol. The van der Waals surface area contributed by atoms with Crippen molar-refractivity contribution in [2.75, 3.05) is 0 Å². The second-order valence-electron chi connectivity index (χ2n) is 8.63. The minimum atomic E-state index is 0. The van der Waals surface area contributed by atoms with E-state index in [0.29, 0.717) is 0 Å². The summed E-state index contributed by atoms with van der Waals surface area (Å²) in [7, 11) is 0. The van der Waals surface area contributed by atoms with Crippen LogP contribution >= 0.6 is 0 Å². The van der Waals surface area contributed by atoms with E-state index < -0.39 is 0 Å². The van der Waals surface area contributed by atoms with Gasteiger partial charge in [0.2, 0.25) is 0 Å². The van der Waals surface area contributed by atoms with Crippen molar-refractivity contribution in [3.8, 4) is 0 Å². The van der Waals surface area contributed by atoms with Crippen LogP contribution in [0.4, 0.5) is 0 Å². The van der Waals surface area contributed by atoms with Crippen LogP contribution in [0.5, 0.6) is 0 Å². The smallest absolute Gasteiger partial charge is 1.00 e. The van der Waals surface area contributed by atoms with Crippen LogP contribution in [0.1, 0.15) is 99.3 Å². The first-order valence-corrected chi connectivity index (χ1v) is 16.5. The van der Waals surface area contributed by atoms with Crippen molar-refractivity contribution in [3.05, 3.63) is 58.7 Å². The largest absolute Gasteiger partial charge is 1.00 e. The Morgan fingerprint density at radius 1 is 0.714 bits per heavy atom. The van der Waals surface area contributed by atoms with Crippen molar-refractivity contribution in [1.82, 2.24) is 0 Å². The third-order valence-electron chi connectivity index (χ3n) is 5.96. The number of fused-ring (bicyclic) bond motifs is 2. The van der Waals surface area contributed by atoms with E-state index in [-0.39, 0.29) is 30.2 Å². The molecule has 0 heterocycles. The molecule has 2 aliphatic carbocycles. The predicted octanol–water partition coefficient (Wildman–Crippen LogP) is 1.60. The first kappa shape index (κ1) is 28.4. The van der Waals surface area contributed by atoms with E-state index in [0.717, 1.165) is 23.7 Å². The summed E-state index contributed by atoms with van der Waals surface area (Å²) in [5, 5.41) is 0. The topological polar surface area (TPSA) is 0 Å². The van der Waals surface area contributed by atoms with Crippen LogP contribution in [-0.4, -0.2) is 5.43 Å². The van der Waals surface area contributed by atoms with Crippen LogP contribution in [-0.2, 0) is 23.3 Å². The van der Waals surface area contributed by atoms with E-state index in [2.05, 4.69) is 77.2 Å². The van der Waals surface area contributed by atoms with Gasteiger partial charge in [0.05, 0.1) is 0 Å². The quantitative estimate of drug-likeness (QED) is 0.370. The van der Waals surface area contributed by atoms with Gasteiger partial charge in [-0.05, 0) is 24.7 Å². The van der Waals surface area contributed by atoms with Gasteiger partial charge in [-0.2, -0.15) is 46.5 Å². The number of halogens is 2. The standard InChI is InChI=1S/2C11H15.C2H6Si.2ClH.Zr/c2*1-8-6-7-9(2)11-5-3-4-10(8)11;1-3-2;;;/h2*3-5,8-9H,6-7H2,1-2H3;1-2H3;2*1H;/q2*-1;;;;+2/p-2. The maximum Gasteiger partial charge on any atom is -1.00 e. The van der Waals surface area contributed by atoms with Gasteiger partial charge in [0.25, 0.3) is 0 Å². The van der Waals surface area contributed by atoms with Gasteiger partial charge >= 0.3 is 41.9 Å². The summed E-state index contributed by atoms with van der Waals surface area (Å²) in [5.74, 6) is 3.21. The summed E-state index contributed by atoms with van der Waals surface area (Å²) in [6.45, 7) is 14.0. The zero-order chi connectivity index (χ0) is 19.3. The first-order valence-electron chi connectivity index (χ1n) is 10.3. The molecule has 0 aromatic heterocycles. The molecule has 0 bridgehead atoms. The molecule has 0 spiro atoms. The summed E-state index contributed by atoms with van der Waals surface area (Å²) in [5.41, 5.74) is 6.61. The molecule has 0 saturated carbocycles. The van der Waals surface area contributed by atoms with Crippen molar-refractivity contribution in [2.45, 2.75) is 90.1 Å². The fourth-order valence-corrected chi connectivity index (χ4v) is 4.31. The van der Waals surface area contributed by atoms with E-state index in [9.17, 15) is 0 Å². The number of hydrogen-bond donors (Lipinski definition) is 0. The van der Waals surface area contributed by atoms with Gasteiger partial charge in [0, 0.05) is 0 Å². The Balaban J connectivity index is 0.000000415. The van der Waals surface area contributed by atoms with Crippen molar-refractivity contribution in [1.29, 1.82) is 0 Å². The molecule has 0 saturated heterocycles. The molecule has 2 aromatic rings. The molecule has 0 N–H and O–H groups in total. The van der Waals surface area contributed by atoms with Crippen LogP contribution in [0.2, 0.25) is 13.1 Å². The van der Waals surface area contributed by atoms with E-state index in [1.165, 1.54) is 25.7 Å². The van der Waals surface area contributed by atoms with Gasteiger partial charge in [-0.1, -0.05) is 52.4 Å². The van der Waals surface area contributed by atoms with Crippen LogP contribution < -0.4 is 24.8 Å². The Labute approximate surface area is 201 Å². The van der Waals surface area contributed by atoms with Crippen LogP contribution in [0.3, 0.4) is 0 Å². The van der Waals surface area contributed by atoms with E-state index in [1.807, 2.05) is 0 Å². The molecule has 2 aromatic carbocycles. The second-order valence-corrected chi connectivity index (χ2v) is 18.0. The SMILES string of the molecule is CC1CCC(C)c2[cH-]ccc21.CC1CCC(C)c2[cH-]ccc21.C[Si](C)=[Zr+2].[Cl-].[Cl-]. The molecule has 0 nitrogen and oxygen atoms in total. The zero-order valence-electron chi connectivity index (χ0n) is 18.4. The van der Waals surface area contributed by atoms with Crippen LogP contribution in [0, 0.1) is 0 Å². The van der Waals surface area contributed by atoms with Gasteiger partial charge in [-0.3, -0.25) is 0 Å². The molecule has 4 unspecified atom stereocenters. The molecule has 0 radical (unpaired) electrons. The summed E-state index contributed by atoms with van der Waals surface area (Å²) < 4.78 is 0. The molecule has 4 rings (SSSR count). The van der Waals surface area contributed by atoms with Gasteiger partial charge in [0.15, 0.2) is 0 Å². The fraction of sp³-hybridized carbons (Fsp3) is 0.583. The van der Waals surface area contributed by atoms with Gasteiger partial charge in [-0.25, -0.2) is 12.1 Å². The molecule has 28 heavy (non-hydrogen) atoms. The third kappa shape index (κ3) is 7.90. The minimum Gasteiger partial charge on any atom is -1.00 e. The van der Waals surface area contributed by atoms with Crippen LogP contribution in [0.25, 0.3) is 0 Å². The van der Waals surface area contributed by atoms with Crippen molar-refractivity contribution < 1.29 is 48.1 Å². The fourth-order valence-electron chi connectivity index (χ4n) is 4.31. The normalized spacial score (nSPS) is 24.6. The maximum absolute atomic E-state index is 2.34. The second kappa shape index (κ2) is 13.6.